The third-order valence-electron chi connectivity index (χ3n) is 4.98. The molecule has 0 saturated carbocycles. The molecule has 0 aliphatic carbocycles. The second-order valence-corrected chi connectivity index (χ2v) is 6.60. The molecular weight excluding hydrogens is 296 g/mol. The molecule has 3 aromatic rings. The molecule has 1 aliphatic rings. The topological polar surface area (TPSA) is 25.2 Å². The molecular formula is C21H22N2O. The number of aryl methyl sites for hydroxylation is 1. The number of aromatic nitrogens is 1. The molecule has 0 fully saturated rings. The highest BCUT2D eigenvalue weighted by Gasteiger charge is 2.26. The number of amides is 1. The van der Waals surface area contributed by atoms with Gasteiger partial charge in [-0.1, -0.05) is 48.5 Å². The Morgan fingerprint density at radius 1 is 0.958 bits per heavy atom. The van der Waals surface area contributed by atoms with Crippen LogP contribution in [0.2, 0.25) is 0 Å². The molecule has 0 bridgehead atoms. The quantitative estimate of drug-likeness (QED) is 0.698. The van der Waals surface area contributed by atoms with Crippen LogP contribution in [0, 0.1) is 0 Å². The number of carbonyl (C=O) groups is 1. The van der Waals surface area contributed by atoms with E-state index in [1.807, 2.05) is 18.0 Å². The van der Waals surface area contributed by atoms with Gasteiger partial charge >= 0.3 is 0 Å². The first-order valence-electron chi connectivity index (χ1n) is 8.65. The highest BCUT2D eigenvalue weighted by Crippen LogP contribution is 2.30. The Kier molecular flexibility index (Phi) is 3.85. The summed E-state index contributed by atoms with van der Waals surface area (Å²) in [4.78, 5) is 14.9. The highest BCUT2D eigenvalue weighted by atomic mass is 16.2. The van der Waals surface area contributed by atoms with E-state index in [9.17, 15) is 4.79 Å². The smallest absolute Gasteiger partial charge is 0.270 e. The Bertz CT molecular complexity index is 879. The molecule has 0 unspecified atom stereocenters. The van der Waals surface area contributed by atoms with Crippen molar-refractivity contribution in [1.82, 2.24) is 9.47 Å². The predicted octanol–water partition coefficient (Wildman–Crippen LogP) is 4.10. The van der Waals surface area contributed by atoms with E-state index in [1.165, 1.54) is 16.5 Å². The number of hydrogen-bond donors (Lipinski definition) is 0. The molecule has 1 amide bonds. The minimum Gasteiger partial charge on any atom is -0.340 e. The SMILES string of the molecule is CN1CCCCc2c(n(Cc3ccccc3)c3ccccc23)C1=O. The number of para-hydroxylation sites is 1. The van der Waals surface area contributed by atoms with E-state index in [2.05, 4.69) is 53.1 Å². The fourth-order valence-electron chi connectivity index (χ4n) is 3.74. The van der Waals surface area contributed by atoms with Gasteiger partial charge in [-0.3, -0.25) is 4.79 Å². The van der Waals surface area contributed by atoms with E-state index in [1.54, 1.807) is 0 Å². The van der Waals surface area contributed by atoms with Crippen LogP contribution in [-0.4, -0.2) is 29.0 Å². The van der Waals surface area contributed by atoms with Gasteiger partial charge in [0.2, 0.25) is 0 Å². The van der Waals surface area contributed by atoms with Crippen molar-refractivity contribution in [2.45, 2.75) is 25.8 Å². The van der Waals surface area contributed by atoms with Gasteiger partial charge in [-0.25, -0.2) is 0 Å². The summed E-state index contributed by atoms with van der Waals surface area (Å²) in [6.07, 6.45) is 3.18. The Morgan fingerprint density at radius 3 is 2.54 bits per heavy atom. The summed E-state index contributed by atoms with van der Waals surface area (Å²) in [7, 11) is 1.92. The van der Waals surface area contributed by atoms with Crippen molar-refractivity contribution in [3.63, 3.8) is 0 Å². The monoisotopic (exact) mass is 318 g/mol. The van der Waals surface area contributed by atoms with Crippen LogP contribution in [0.25, 0.3) is 10.9 Å². The predicted molar refractivity (Wildman–Crippen MR) is 97.4 cm³/mol. The van der Waals surface area contributed by atoms with E-state index in [4.69, 9.17) is 0 Å². The Labute approximate surface area is 142 Å². The average molecular weight is 318 g/mol. The molecule has 122 valence electrons. The third kappa shape index (κ3) is 2.50. The highest BCUT2D eigenvalue weighted by molar-refractivity contribution is 6.02. The molecule has 1 aliphatic heterocycles. The zero-order valence-corrected chi connectivity index (χ0v) is 14.0. The molecule has 4 rings (SSSR count). The number of nitrogens with zero attached hydrogens (tertiary/aromatic N) is 2. The fraction of sp³-hybridized carbons (Fsp3) is 0.286. The Morgan fingerprint density at radius 2 is 1.71 bits per heavy atom. The van der Waals surface area contributed by atoms with Crippen molar-refractivity contribution in [3.05, 3.63) is 71.4 Å². The number of fused-ring (bicyclic) bond motifs is 3. The van der Waals surface area contributed by atoms with Crippen LogP contribution in [0.1, 0.15) is 34.5 Å². The summed E-state index contributed by atoms with van der Waals surface area (Å²) in [5, 5.41) is 1.23. The second-order valence-electron chi connectivity index (χ2n) is 6.60. The molecule has 1 aromatic heterocycles. The molecule has 0 spiro atoms. The van der Waals surface area contributed by atoms with Crippen LogP contribution < -0.4 is 0 Å². The number of carbonyl (C=O) groups excluding carboxylic acids is 1. The van der Waals surface area contributed by atoms with Gasteiger partial charge in [-0.2, -0.15) is 0 Å². The summed E-state index contributed by atoms with van der Waals surface area (Å²) < 4.78 is 2.21. The first-order chi connectivity index (χ1) is 11.8. The van der Waals surface area contributed by atoms with E-state index in [-0.39, 0.29) is 5.91 Å². The third-order valence-corrected chi connectivity index (χ3v) is 4.98. The first-order valence-corrected chi connectivity index (χ1v) is 8.65. The molecule has 0 radical (unpaired) electrons. The average Bonchev–Trinajstić information content (AvgIpc) is 2.91. The number of hydrogen-bond acceptors (Lipinski definition) is 1. The molecule has 2 aromatic carbocycles. The minimum atomic E-state index is 0.150. The second kappa shape index (κ2) is 6.16. The molecule has 0 atom stereocenters. The van der Waals surface area contributed by atoms with Gasteiger partial charge in [-0.05, 0) is 36.5 Å². The molecule has 2 heterocycles. The number of rotatable bonds is 2. The van der Waals surface area contributed by atoms with Crippen LogP contribution in [0.4, 0.5) is 0 Å². The van der Waals surface area contributed by atoms with Gasteiger partial charge in [0.15, 0.2) is 0 Å². The normalized spacial score (nSPS) is 15.2. The van der Waals surface area contributed by atoms with E-state index in [0.717, 1.165) is 43.6 Å². The summed E-state index contributed by atoms with van der Waals surface area (Å²) in [6.45, 7) is 1.57. The first kappa shape index (κ1) is 15.0. The lowest BCUT2D eigenvalue weighted by atomic mass is 10.0. The lowest BCUT2D eigenvalue weighted by Crippen LogP contribution is -2.32. The summed E-state index contributed by atoms with van der Waals surface area (Å²) in [5.74, 6) is 0.150. The van der Waals surface area contributed by atoms with E-state index in [0.29, 0.717) is 0 Å². The molecule has 0 saturated heterocycles. The Hall–Kier alpha value is -2.55. The zero-order valence-electron chi connectivity index (χ0n) is 14.0. The van der Waals surface area contributed by atoms with Gasteiger partial charge in [0.25, 0.3) is 5.91 Å². The van der Waals surface area contributed by atoms with E-state index < -0.39 is 0 Å². The van der Waals surface area contributed by atoms with Crippen LogP contribution in [-0.2, 0) is 13.0 Å². The van der Waals surface area contributed by atoms with Gasteiger partial charge in [0, 0.05) is 31.0 Å². The largest absolute Gasteiger partial charge is 0.340 e. The van der Waals surface area contributed by atoms with Crippen molar-refractivity contribution in [2.75, 3.05) is 13.6 Å². The molecule has 0 N–H and O–H groups in total. The van der Waals surface area contributed by atoms with Crippen molar-refractivity contribution in [3.8, 4) is 0 Å². The standard InChI is InChI=1S/C21H22N2O/c1-22-14-8-7-12-18-17-11-5-6-13-19(17)23(20(18)21(22)24)15-16-9-3-2-4-10-16/h2-6,9-11,13H,7-8,12,14-15H2,1H3. The summed E-state index contributed by atoms with van der Waals surface area (Å²) in [5.41, 5.74) is 4.48. The van der Waals surface area contributed by atoms with Crippen LogP contribution in [0.15, 0.2) is 54.6 Å². The van der Waals surface area contributed by atoms with Gasteiger partial charge < -0.3 is 9.47 Å². The molecule has 3 heteroatoms. The van der Waals surface area contributed by atoms with Crippen molar-refractivity contribution < 1.29 is 4.79 Å². The maximum Gasteiger partial charge on any atom is 0.270 e. The maximum atomic E-state index is 13.1. The Balaban J connectivity index is 1.94. The molecule has 24 heavy (non-hydrogen) atoms. The van der Waals surface area contributed by atoms with E-state index >= 15 is 0 Å². The van der Waals surface area contributed by atoms with Gasteiger partial charge in [-0.15, -0.1) is 0 Å². The van der Waals surface area contributed by atoms with Crippen LogP contribution >= 0.6 is 0 Å². The summed E-state index contributed by atoms with van der Waals surface area (Å²) >= 11 is 0. The van der Waals surface area contributed by atoms with Crippen LogP contribution in [0.3, 0.4) is 0 Å². The number of benzene rings is 2. The zero-order chi connectivity index (χ0) is 16.5. The molecule has 3 nitrogen and oxygen atoms in total. The van der Waals surface area contributed by atoms with Crippen LogP contribution in [0.5, 0.6) is 0 Å². The van der Waals surface area contributed by atoms with Gasteiger partial charge in [0.1, 0.15) is 5.69 Å². The fourth-order valence-corrected chi connectivity index (χ4v) is 3.74. The van der Waals surface area contributed by atoms with Crippen molar-refractivity contribution in [1.29, 1.82) is 0 Å². The lowest BCUT2D eigenvalue weighted by molar-refractivity contribution is 0.0777. The van der Waals surface area contributed by atoms with Crippen molar-refractivity contribution >= 4 is 16.8 Å². The maximum absolute atomic E-state index is 13.1. The minimum absolute atomic E-state index is 0.150. The lowest BCUT2D eigenvalue weighted by Gasteiger charge is -2.22. The van der Waals surface area contributed by atoms with Crippen molar-refractivity contribution in [2.24, 2.45) is 0 Å². The summed E-state index contributed by atoms with van der Waals surface area (Å²) in [6, 6.07) is 18.8. The van der Waals surface area contributed by atoms with Gasteiger partial charge in [0.05, 0.1) is 0 Å².